The molecule has 36 nitrogen and oxygen atoms in total. The van der Waals surface area contributed by atoms with Crippen molar-refractivity contribution in [3.63, 3.8) is 0 Å². The predicted molar refractivity (Wildman–Crippen MR) is 524 cm³/mol. The lowest BCUT2D eigenvalue weighted by Gasteiger charge is -2.32. The van der Waals surface area contributed by atoms with E-state index in [1.807, 2.05) is 159 Å². The van der Waals surface area contributed by atoms with E-state index in [1.165, 1.54) is 63.2 Å². The van der Waals surface area contributed by atoms with Gasteiger partial charge in [0.15, 0.2) is 38.0 Å². The van der Waals surface area contributed by atoms with Gasteiger partial charge >= 0.3 is 5.97 Å². The molecule has 7 rings (SSSR count). The summed E-state index contributed by atoms with van der Waals surface area (Å²) in [4.78, 5) is 111. The first-order valence-electron chi connectivity index (χ1n) is 45.4. The fourth-order valence-electron chi connectivity index (χ4n) is 13.7. The maximum atomic E-state index is 13.5. The number of methoxy groups -OCH3 is 6. The molecule has 0 fully saturated rings. The lowest BCUT2D eigenvalue weighted by molar-refractivity contribution is -0.123. The van der Waals surface area contributed by atoms with E-state index in [0.717, 1.165) is 33.2 Å². The van der Waals surface area contributed by atoms with Crippen molar-refractivity contribution in [3.8, 4) is 17.2 Å². The Morgan fingerprint density at radius 3 is 1.25 bits per heavy atom. The zero-order chi connectivity index (χ0) is 103. The molecule has 1 aromatic heterocycles. The number of ketones is 3. The average molecular weight is 1920 g/mol. The van der Waals surface area contributed by atoms with Crippen molar-refractivity contribution >= 4 is 97.6 Å². The van der Waals surface area contributed by atoms with Gasteiger partial charge in [0.05, 0.1) is 69.7 Å². The number of H-pyrrole nitrogens is 1. The fraction of sp³-hybridized carbons (Fsp3) is 0.554. The minimum absolute atomic E-state index is 0.00732. The molecule has 0 spiro atoms. The molecule has 1 aliphatic carbocycles. The summed E-state index contributed by atoms with van der Waals surface area (Å²) in [6.07, 6.45) is -9.31. The summed E-state index contributed by atoms with van der Waals surface area (Å²) < 4.78 is 49.6. The van der Waals surface area contributed by atoms with Crippen LogP contribution in [0.3, 0.4) is 0 Å². The number of fused-ring (bicyclic) bond motifs is 2. The number of aromatic amines is 1. The topological polar surface area (TPSA) is 503 Å². The number of Topliss-reactive ketones (excluding diaryl/α,β-unsaturated/α-hetero) is 3. The van der Waals surface area contributed by atoms with Gasteiger partial charge in [-0.25, -0.2) is 4.79 Å². The minimum atomic E-state index is -1.36. The van der Waals surface area contributed by atoms with Crippen LogP contribution in [-0.4, -0.2) is 272 Å². The van der Waals surface area contributed by atoms with Crippen LogP contribution in [0.1, 0.15) is 187 Å². The molecule has 760 valence electrons. The molecule has 12 N–H and O–H groups in total. The number of nitrogens with one attached hydrogen (secondary N) is 4. The third kappa shape index (κ3) is 39.4. The molecule has 3 amide bonds. The molecule has 6 aromatic rings. The van der Waals surface area contributed by atoms with Crippen LogP contribution in [0.2, 0.25) is 0 Å². The molecule has 36 heteroatoms. The van der Waals surface area contributed by atoms with E-state index in [0.29, 0.717) is 89.4 Å². The van der Waals surface area contributed by atoms with Crippen LogP contribution in [0.5, 0.6) is 17.2 Å². The van der Waals surface area contributed by atoms with E-state index in [2.05, 4.69) is 48.1 Å². The van der Waals surface area contributed by atoms with Crippen LogP contribution < -0.4 is 30.2 Å². The molecule has 0 radical (unpaired) electrons. The molecule has 1 aliphatic rings. The van der Waals surface area contributed by atoms with E-state index in [4.69, 9.17) is 62.0 Å². The Bertz CT molecular complexity index is 4980. The Morgan fingerprint density at radius 1 is 0.423 bits per heavy atom. The summed E-state index contributed by atoms with van der Waals surface area (Å²) in [6, 6.07) is 27.9. The molecule has 0 bridgehead atoms. The normalized spacial score (nSPS) is 15.2. The number of oxime groups is 4. The first-order chi connectivity index (χ1) is 64.3. The summed E-state index contributed by atoms with van der Waals surface area (Å²) in [5.74, 6) is 0.339. The van der Waals surface area contributed by atoms with Crippen LogP contribution in [0.4, 0.5) is 17.1 Å². The smallest absolute Gasteiger partial charge is 0.337 e. The maximum Gasteiger partial charge on any atom is 0.337 e. The number of benzene rings is 5. The quantitative estimate of drug-likeness (QED) is 0.00555. The van der Waals surface area contributed by atoms with E-state index >= 15 is 0 Å². The second-order valence-electron chi connectivity index (χ2n) is 37.4. The number of aliphatic hydroxyl groups excluding tert-OH is 8. The van der Waals surface area contributed by atoms with Crippen molar-refractivity contribution in [2.45, 2.75) is 237 Å². The number of esters is 1. The SMILES string of the molecule is C=C(OC)c1ccc(CC(=O)c2ccc(NC(=O)CO/N=C(\[C@@H](O)[C@@H](C)O)[C@@H](OC)C(C)(C)C)c(OCC(C)C)c2)c(OCC(C)C)c1.COC(=O)c1ccc(CC(=O)CO/N=C(\[C@@H](O)[C@@H](C)O)[C@@H](OC)C(C)(C)C)c(OCC(C)C)c1.CO[C@H](/C(=N/OCC(=O)Nc1ccc2c(c1)CC(=O)C2)[C@@H](O)[C@@H](C)O)C(C)C.CO[C@H](/C(=N/OCC(=O)Nc1ccc2cc[nH]c2c1)[C@@H](O)[C@@H](C)O)C(C)C. The van der Waals surface area contributed by atoms with E-state index in [-0.39, 0.29) is 102 Å². The number of carbonyl (C=O) groups excluding carboxylic acids is 7. The molecule has 0 unspecified atom stereocenters. The van der Waals surface area contributed by atoms with Crippen molar-refractivity contribution in [1.29, 1.82) is 0 Å². The zero-order valence-electron chi connectivity index (χ0n) is 84.1. The van der Waals surface area contributed by atoms with Gasteiger partial charge in [0.25, 0.3) is 17.7 Å². The molecule has 0 saturated carbocycles. The summed E-state index contributed by atoms with van der Waals surface area (Å²) in [5, 5.41) is 105. The van der Waals surface area contributed by atoms with Gasteiger partial charge in [-0.05, 0) is 151 Å². The number of amides is 3. The van der Waals surface area contributed by atoms with Crippen molar-refractivity contribution in [1.82, 2.24) is 4.98 Å². The second kappa shape index (κ2) is 57.9. The Hall–Kier alpha value is -11.1. The molecule has 0 aliphatic heterocycles. The van der Waals surface area contributed by atoms with Gasteiger partial charge in [-0.15, -0.1) is 0 Å². The monoisotopic (exact) mass is 1920 g/mol. The van der Waals surface area contributed by atoms with E-state index < -0.39 is 114 Å². The fourth-order valence-corrected chi connectivity index (χ4v) is 13.7. The van der Waals surface area contributed by atoms with Gasteiger partial charge in [-0.3, -0.25) is 28.8 Å². The van der Waals surface area contributed by atoms with Gasteiger partial charge in [0.1, 0.15) is 100 Å². The number of rotatable bonds is 50. The van der Waals surface area contributed by atoms with Crippen LogP contribution in [0.15, 0.2) is 130 Å². The number of anilines is 3. The van der Waals surface area contributed by atoms with Crippen LogP contribution in [0, 0.1) is 40.4 Å². The van der Waals surface area contributed by atoms with Crippen LogP contribution in [0.25, 0.3) is 16.7 Å². The maximum absolute atomic E-state index is 13.5. The summed E-state index contributed by atoms with van der Waals surface area (Å²) in [5.41, 5.74) is 6.66. The van der Waals surface area contributed by atoms with Gasteiger partial charge < -0.3 is 124 Å². The lowest BCUT2D eigenvalue weighted by Crippen LogP contribution is -2.46. The molecule has 137 heavy (non-hydrogen) atoms. The third-order valence-electron chi connectivity index (χ3n) is 20.7. The molecule has 0 saturated heterocycles. The van der Waals surface area contributed by atoms with Crippen LogP contribution in [-0.2, 0) is 97.4 Å². The number of hydrogen-bond acceptors (Lipinski definition) is 32. The molecule has 1 heterocycles. The Morgan fingerprint density at radius 2 is 0.818 bits per heavy atom. The van der Waals surface area contributed by atoms with Gasteiger partial charge in [-0.2, -0.15) is 0 Å². The highest BCUT2D eigenvalue weighted by molar-refractivity contribution is 6.01. The summed E-state index contributed by atoms with van der Waals surface area (Å²) in [6.45, 7) is 40.3. The molecule has 5 aromatic carbocycles. The first-order valence-corrected chi connectivity index (χ1v) is 45.4. The molecular formula is C101H148N8O28. The molecular weight excluding hydrogens is 1770 g/mol. The van der Waals surface area contributed by atoms with E-state index in [1.54, 1.807) is 61.7 Å². The van der Waals surface area contributed by atoms with Crippen molar-refractivity contribution in [2.24, 2.45) is 61.0 Å². The number of aromatic nitrogens is 1. The number of ether oxygens (including phenoxy) is 9. The van der Waals surface area contributed by atoms with E-state index in [9.17, 15) is 74.4 Å². The highest BCUT2D eigenvalue weighted by Crippen LogP contribution is 2.34. The number of carbonyl (C=O) groups is 7. The highest BCUT2D eigenvalue weighted by Gasteiger charge is 2.39. The lowest BCUT2D eigenvalue weighted by atomic mass is 9.83. The highest BCUT2D eigenvalue weighted by atomic mass is 16.6. The first kappa shape index (κ1) is 118. The number of hydrogen-bond donors (Lipinski definition) is 12. The van der Waals surface area contributed by atoms with Crippen LogP contribution >= 0.6 is 0 Å². The second-order valence-corrected chi connectivity index (χ2v) is 37.4. The van der Waals surface area contributed by atoms with Gasteiger partial charge in [-0.1, -0.05) is 168 Å². The predicted octanol–water partition coefficient (Wildman–Crippen LogP) is 11.7. The van der Waals surface area contributed by atoms with Gasteiger partial charge in [0, 0.05) is 99.5 Å². The summed E-state index contributed by atoms with van der Waals surface area (Å²) in [7, 11) is 8.74. The Kier molecular flexibility index (Phi) is 50.0. The number of aliphatic hydroxyl groups is 8. The summed E-state index contributed by atoms with van der Waals surface area (Å²) >= 11 is 0. The zero-order valence-corrected chi connectivity index (χ0v) is 84.1. The Labute approximate surface area is 804 Å². The largest absolute Gasteiger partial charge is 0.497 e. The Balaban J connectivity index is 0.000000392. The van der Waals surface area contributed by atoms with Gasteiger partial charge in [0.2, 0.25) is 0 Å². The molecule has 12 atom stereocenters. The average Bonchev–Trinajstić information content (AvgIpc) is 1.06. The minimum Gasteiger partial charge on any atom is -0.497 e. The van der Waals surface area contributed by atoms with Crippen molar-refractivity contribution < 1.29 is 136 Å². The standard InChI is InChI=1S/C37H54N2O9.C25H39NO8.C20H28N2O6.C19H27N3O5/c1-22(2)19-46-31-17-26(25(6)44-10)12-13-28(31)16-30(41)27-14-15-29(32(18-27)47-20-23(3)4)38-33(42)21-48-39-34(35(43)24(5)40)36(45-11)37(7,8)9;1-15(2)13-33-20-12-18(24(30)32-8)10-9-17(20)11-19(28)14-34-26-21(22(29)16(3)27)23(31-7)25(4,5)6;1-11(2)20(27-4)18(19(26)12(3)23)22-28-10-17(25)21-15-6-5-13-8-16(24)9-14(13)7-15;1-11(2)19(26-4)17(18(25)12(3)23)22-27-10-16(24)21-14-6-5-13-7-8-20-15(13)9-14/h12-15,17-18,22-24,35-36,40,43H,6,16,19-21H2,1-5,7-11H3,(H,38,42);9-10,12,15-16,22-23,27,29H,11,13-14H2,1-8H3;5-7,11-12,19-20,23,26H,8-10H2,1-4H3,(H,21,25);5-9,11-12,18-20,23,25H,10H2,1-4H3,(H,21,24)/b39-34+;26-21+;22-18+;22-17+/t24-,35+,36-;16-,22+,23-;12-,19+,20+;12-,18+,19+/m1111/s1. The van der Waals surface area contributed by atoms with Crippen molar-refractivity contribution in [3.05, 3.63) is 149 Å². The third-order valence-corrected chi connectivity index (χ3v) is 20.7. The van der Waals surface area contributed by atoms with Crippen molar-refractivity contribution in [2.75, 3.05) is 105 Å². The number of nitrogens with zero attached hydrogens (tertiary/aromatic N) is 4.